The molecule has 0 aliphatic carbocycles. The van der Waals surface area contributed by atoms with Crippen LogP contribution in [0, 0.1) is 0 Å². The Morgan fingerprint density at radius 1 is 0.923 bits per heavy atom. The Labute approximate surface area is 158 Å². The summed E-state index contributed by atoms with van der Waals surface area (Å²) in [4.78, 5) is 0. The van der Waals surface area contributed by atoms with Gasteiger partial charge >= 0.3 is 0 Å². The predicted octanol–water partition coefficient (Wildman–Crippen LogP) is 5.88. The average molecular weight is 360 g/mol. The standard InChI is InChI=1S/C23H18ClNO/c24-17-10-11-21-18(14-17)19(16-6-2-1-3-7-16)15-23(25-21)12-13-26-22-9-5-4-8-20(22)23/h1-11,14-15,25H,12-13H2. The first kappa shape index (κ1) is 15.5. The summed E-state index contributed by atoms with van der Waals surface area (Å²) in [5.74, 6) is 0.951. The zero-order valence-electron chi connectivity index (χ0n) is 14.2. The molecule has 3 heteroatoms. The monoisotopic (exact) mass is 359 g/mol. The van der Waals surface area contributed by atoms with Crippen molar-refractivity contribution in [1.29, 1.82) is 0 Å². The Kier molecular flexibility index (Phi) is 3.54. The van der Waals surface area contributed by atoms with Crippen LogP contribution in [0.5, 0.6) is 5.75 Å². The summed E-state index contributed by atoms with van der Waals surface area (Å²) >= 11 is 6.31. The normalized spacial score (nSPS) is 20.4. The Balaban J connectivity index is 1.77. The van der Waals surface area contributed by atoms with Gasteiger partial charge in [-0.25, -0.2) is 0 Å². The Bertz CT molecular complexity index is 1010. The SMILES string of the molecule is Clc1ccc2c(c1)C(c1ccccc1)=CC1(CCOc3ccccc31)N2. The quantitative estimate of drug-likeness (QED) is 0.586. The smallest absolute Gasteiger partial charge is 0.125 e. The number of rotatable bonds is 1. The van der Waals surface area contributed by atoms with Crippen LogP contribution < -0.4 is 10.1 Å². The van der Waals surface area contributed by atoms with E-state index in [2.05, 4.69) is 53.9 Å². The number of hydrogen-bond acceptors (Lipinski definition) is 2. The molecular weight excluding hydrogens is 342 g/mol. The third-order valence-corrected chi connectivity index (χ3v) is 5.46. The summed E-state index contributed by atoms with van der Waals surface area (Å²) in [6, 6.07) is 24.9. The van der Waals surface area contributed by atoms with Crippen LogP contribution >= 0.6 is 11.6 Å². The minimum absolute atomic E-state index is 0.277. The van der Waals surface area contributed by atoms with E-state index in [1.54, 1.807) is 0 Å². The van der Waals surface area contributed by atoms with Gasteiger partial charge < -0.3 is 10.1 Å². The van der Waals surface area contributed by atoms with E-state index in [1.165, 1.54) is 16.7 Å². The number of halogens is 1. The van der Waals surface area contributed by atoms with Gasteiger partial charge in [0.1, 0.15) is 5.75 Å². The van der Waals surface area contributed by atoms with Crippen LogP contribution in [0.15, 0.2) is 78.9 Å². The molecule has 0 saturated heterocycles. The van der Waals surface area contributed by atoms with Gasteiger partial charge in [0.15, 0.2) is 0 Å². The van der Waals surface area contributed by atoms with Crippen LogP contribution in [0.3, 0.4) is 0 Å². The molecule has 2 aliphatic rings. The van der Waals surface area contributed by atoms with E-state index >= 15 is 0 Å². The first-order valence-electron chi connectivity index (χ1n) is 8.84. The molecule has 1 N–H and O–H groups in total. The second-order valence-corrected chi connectivity index (χ2v) is 7.24. The summed E-state index contributed by atoms with van der Waals surface area (Å²) in [5, 5.41) is 4.53. The van der Waals surface area contributed by atoms with Gasteiger partial charge in [-0.1, -0.05) is 60.1 Å². The summed E-state index contributed by atoms with van der Waals surface area (Å²) in [6.07, 6.45) is 3.23. The summed E-state index contributed by atoms with van der Waals surface area (Å²) in [6.45, 7) is 0.686. The molecule has 3 aromatic carbocycles. The number of hydrogen-bond donors (Lipinski definition) is 1. The molecule has 2 heterocycles. The molecule has 0 radical (unpaired) electrons. The predicted molar refractivity (Wildman–Crippen MR) is 107 cm³/mol. The lowest BCUT2D eigenvalue weighted by atomic mass is 9.77. The van der Waals surface area contributed by atoms with E-state index in [0.29, 0.717) is 6.61 Å². The topological polar surface area (TPSA) is 21.3 Å². The molecule has 2 nitrogen and oxygen atoms in total. The van der Waals surface area contributed by atoms with Crippen LogP contribution in [0.1, 0.15) is 23.1 Å². The van der Waals surface area contributed by atoms with E-state index < -0.39 is 0 Å². The molecule has 0 fully saturated rings. The number of nitrogens with one attached hydrogen (secondary N) is 1. The molecule has 1 atom stereocenters. The Morgan fingerprint density at radius 2 is 1.73 bits per heavy atom. The van der Waals surface area contributed by atoms with Gasteiger partial charge in [-0.15, -0.1) is 0 Å². The van der Waals surface area contributed by atoms with Crippen molar-refractivity contribution in [2.24, 2.45) is 0 Å². The molecule has 1 unspecified atom stereocenters. The summed E-state index contributed by atoms with van der Waals surface area (Å²) < 4.78 is 5.91. The molecule has 0 bridgehead atoms. The maximum absolute atomic E-state index is 6.31. The van der Waals surface area contributed by atoms with E-state index in [9.17, 15) is 0 Å². The molecule has 2 aliphatic heterocycles. The summed E-state index contributed by atoms with van der Waals surface area (Å²) in [7, 11) is 0. The van der Waals surface area contributed by atoms with Crippen molar-refractivity contribution in [2.45, 2.75) is 12.0 Å². The van der Waals surface area contributed by atoms with Crippen molar-refractivity contribution in [1.82, 2.24) is 0 Å². The number of ether oxygens (including phenoxy) is 1. The minimum atomic E-state index is -0.277. The molecule has 1 spiro atoms. The molecular formula is C23H18ClNO. The van der Waals surface area contributed by atoms with Crippen LogP contribution in [-0.4, -0.2) is 6.61 Å². The molecule has 0 amide bonds. The van der Waals surface area contributed by atoms with Crippen LogP contribution in [-0.2, 0) is 5.54 Å². The van der Waals surface area contributed by atoms with Crippen LogP contribution in [0.2, 0.25) is 5.02 Å². The van der Waals surface area contributed by atoms with Crippen molar-refractivity contribution in [3.05, 3.63) is 101 Å². The first-order chi connectivity index (χ1) is 12.8. The summed E-state index contributed by atoms with van der Waals surface area (Å²) in [5.41, 5.74) is 5.55. The lowest BCUT2D eigenvalue weighted by molar-refractivity contribution is 0.250. The van der Waals surface area contributed by atoms with Gasteiger partial charge in [0, 0.05) is 28.3 Å². The van der Waals surface area contributed by atoms with Gasteiger partial charge in [0.05, 0.1) is 12.1 Å². The van der Waals surface area contributed by atoms with E-state index in [1.807, 2.05) is 30.3 Å². The van der Waals surface area contributed by atoms with Crippen molar-refractivity contribution in [3.63, 3.8) is 0 Å². The van der Waals surface area contributed by atoms with E-state index in [4.69, 9.17) is 16.3 Å². The zero-order valence-corrected chi connectivity index (χ0v) is 15.0. The Morgan fingerprint density at radius 3 is 2.62 bits per heavy atom. The van der Waals surface area contributed by atoms with E-state index in [0.717, 1.165) is 28.4 Å². The molecule has 128 valence electrons. The van der Waals surface area contributed by atoms with E-state index in [-0.39, 0.29) is 5.54 Å². The maximum Gasteiger partial charge on any atom is 0.125 e. The highest BCUT2D eigenvalue weighted by molar-refractivity contribution is 6.31. The average Bonchev–Trinajstić information content (AvgIpc) is 2.69. The maximum atomic E-state index is 6.31. The molecule has 3 aromatic rings. The van der Waals surface area contributed by atoms with Crippen molar-refractivity contribution >= 4 is 22.9 Å². The molecule has 0 aromatic heterocycles. The Hall–Kier alpha value is -2.71. The third-order valence-electron chi connectivity index (χ3n) is 5.23. The second kappa shape index (κ2) is 5.93. The van der Waals surface area contributed by atoms with Gasteiger partial charge in [-0.3, -0.25) is 0 Å². The van der Waals surface area contributed by atoms with Crippen LogP contribution in [0.4, 0.5) is 5.69 Å². The first-order valence-corrected chi connectivity index (χ1v) is 9.22. The molecule has 26 heavy (non-hydrogen) atoms. The fraction of sp³-hybridized carbons (Fsp3) is 0.130. The molecule has 0 saturated carbocycles. The second-order valence-electron chi connectivity index (χ2n) is 6.80. The van der Waals surface area contributed by atoms with Crippen molar-refractivity contribution in [2.75, 3.05) is 11.9 Å². The fourth-order valence-electron chi connectivity index (χ4n) is 4.00. The zero-order chi connectivity index (χ0) is 17.6. The highest BCUT2D eigenvalue weighted by Gasteiger charge is 2.39. The van der Waals surface area contributed by atoms with Crippen LogP contribution in [0.25, 0.3) is 5.57 Å². The molecule has 5 rings (SSSR count). The van der Waals surface area contributed by atoms with Gasteiger partial charge in [0.25, 0.3) is 0 Å². The number of anilines is 1. The lowest BCUT2D eigenvalue weighted by Gasteiger charge is -2.42. The number of fused-ring (bicyclic) bond motifs is 3. The van der Waals surface area contributed by atoms with Gasteiger partial charge in [0.2, 0.25) is 0 Å². The highest BCUT2D eigenvalue weighted by atomic mass is 35.5. The number of benzene rings is 3. The highest BCUT2D eigenvalue weighted by Crippen LogP contribution is 2.48. The fourth-order valence-corrected chi connectivity index (χ4v) is 4.17. The van der Waals surface area contributed by atoms with Gasteiger partial charge in [-0.05, 0) is 41.5 Å². The lowest BCUT2D eigenvalue weighted by Crippen LogP contribution is -2.40. The van der Waals surface area contributed by atoms with Crippen molar-refractivity contribution in [3.8, 4) is 5.75 Å². The minimum Gasteiger partial charge on any atom is -0.493 e. The van der Waals surface area contributed by atoms with Gasteiger partial charge in [-0.2, -0.15) is 0 Å². The number of para-hydroxylation sites is 1. The third kappa shape index (κ3) is 2.41. The largest absolute Gasteiger partial charge is 0.493 e. The van der Waals surface area contributed by atoms with Crippen molar-refractivity contribution < 1.29 is 4.74 Å².